The molecule has 0 amide bonds. The molecule has 0 aliphatic heterocycles. The van der Waals surface area contributed by atoms with Crippen LogP contribution in [0.1, 0.15) is 69.3 Å². The molecule has 0 aromatic heterocycles. The molecule has 0 unspecified atom stereocenters. The Morgan fingerprint density at radius 1 is 0.667 bits per heavy atom. The Bertz CT molecular complexity index is 348. The highest BCUT2D eigenvalue weighted by Crippen LogP contribution is 2.45. The number of rotatable bonds is 2. The van der Waals surface area contributed by atoms with E-state index in [1.54, 1.807) is 5.56 Å². The largest absolute Gasteiger partial charge is 0.0622 e. The summed E-state index contributed by atoms with van der Waals surface area (Å²) < 4.78 is 0. The van der Waals surface area contributed by atoms with Gasteiger partial charge in [0.05, 0.1) is 0 Å². The SMILES string of the molecule is c1ccc([C@H]2CCCC[C@@H]2C2CCCCC2)cc1. The first-order valence-electron chi connectivity index (χ1n) is 8.00. The van der Waals surface area contributed by atoms with Crippen molar-refractivity contribution in [3.05, 3.63) is 35.9 Å². The summed E-state index contributed by atoms with van der Waals surface area (Å²) in [5.41, 5.74) is 1.62. The van der Waals surface area contributed by atoms with Crippen LogP contribution in [0.5, 0.6) is 0 Å². The van der Waals surface area contributed by atoms with E-state index in [0.29, 0.717) is 0 Å². The summed E-state index contributed by atoms with van der Waals surface area (Å²) >= 11 is 0. The lowest BCUT2D eigenvalue weighted by Gasteiger charge is -2.39. The van der Waals surface area contributed by atoms with E-state index in [1.807, 2.05) is 0 Å². The lowest BCUT2D eigenvalue weighted by atomic mass is 9.66. The number of benzene rings is 1. The minimum absolute atomic E-state index is 0.864. The molecule has 1 aromatic rings. The van der Waals surface area contributed by atoms with Crippen LogP contribution in [0.4, 0.5) is 0 Å². The second-order valence-electron chi connectivity index (χ2n) is 6.36. The normalized spacial score (nSPS) is 30.2. The van der Waals surface area contributed by atoms with Crippen molar-refractivity contribution in [1.82, 2.24) is 0 Å². The summed E-state index contributed by atoms with van der Waals surface area (Å²) in [7, 11) is 0. The molecule has 0 nitrogen and oxygen atoms in total. The van der Waals surface area contributed by atoms with Gasteiger partial charge in [-0.15, -0.1) is 0 Å². The maximum Gasteiger partial charge on any atom is -0.0131 e. The highest BCUT2D eigenvalue weighted by Gasteiger charge is 2.32. The van der Waals surface area contributed by atoms with Crippen LogP contribution in [-0.2, 0) is 0 Å². The molecule has 0 radical (unpaired) electrons. The Morgan fingerprint density at radius 2 is 1.33 bits per heavy atom. The zero-order valence-electron chi connectivity index (χ0n) is 11.5. The topological polar surface area (TPSA) is 0 Å². The quantitative estimate of drug-likeness (QED) is 0.638. The van der Waals surface area contributed by atoms with E-state index in [9.17, 15) is 0 Å². The third-order valence-corrected chi connectivity index (χ3v) is 5.30. The molecule has 98 valence electrons. The molecule has 2 aliphatic carbocycles. The van der Waals surface area contributed by atoms with Gasteiger partial charge in [-0.1, -0.05) is 75.3 Å². The lowest BCUT2D eigenvalue weighted by molar-refractivity contribution is 0.169. The summed E-state index contributed by atoms with van der Waals surface area (Å²) in [6, 6.07) is 11.3. The zero-order valence-corrected chi connectivity index (χ0v) is 11.5. The summed E-state index contributed by atoms with van der Waals surface area (Å²) in [5, 5.41) is 0. The van der Waals surface area contributed by atoms with Gasteiger partial charge in [0.25, 0.3) is 0 Å². The Kier molecular flexibility index (Phi) is 4.02. The Labute approximate surface area is 112 Å². The molecule has 2 saturated carbocycles. The van der Waals surface area contributed by atoms with Crippen molar-refractivity contribution >= 4 is 0 Å². The van der Waals surface area contributed by atoms with Gasteiger partial charge in [-0.25, -0.2) is 0 Å². The fraction of sp³-hybridized carbons (Fsp3) is 0.667. The predicted molar refractivity (Wildman–Crippen MR) is 77.7 cm³/mol. The summed E-state index contributed by atoms with van der Waals surface area (Å²) in [6.07, 6.45) is 13.3. The van der Waals surface area contributed by atoms with Crippen LogP contribution in [0.15, 0.2) is 30.3 Å². The van der Waals surface area contributed by atoms with Gasteiger partial charge in [0.2, 0.25) is 0 Å². The van der Waals surface area contributed by atoms with Gasteiger partial charge in [-0.3, -0.25) is 0 Å². The standard InChI is InChI=1S/C18H26/c1-3-9-15(10-4-1)17-13-7-8-14-18(17)16-11-5-2-6-12-16/h1,3-4,9-10,16-18H,2,5-8,11-14H2/t17-,18-/m1/s1. The Balaban J connectivity index is 1.77. The van der Waals surface area contributed by atoms with E-state index >= 15 is 0 Å². The number of hydrogen-bond acceptors (Lipinski definition) is 0. The minimum atomic E-state index is 0.864. The summed E-state index contributed by atoms with van der Waals surface area (Å²) in [5.74, 6) is 2.88. The van der Waals surface area contributed by atoms with Crippen LogP contribution in [-0.4, -0.2) is 0 Å². The molecule has 3 rings (SSSR count). The van der Waals surface area contributed by atoms with Crippen molar-refractivity contribution in [2.45, 2.75) is 63.7 Å². The monoisotopic (exact) mass is 242 g/mol. The second-order valence-corrected chi connectivity index (χ2v) is 6.36. The van der Waals surface area contributed by atoms with Gasteiger partial charge < -0.3 is 0 Å². The second kappa shape index (κ2) is 5.91. The summed E-state index contributed by atoms with van der Waals surface area (Å²) in [4.78, 5) is 0. The van der Waals surface area contributed by atoms with Crippen LogP contribution in [0.25, 0.3) is 0 Å². The fourth-order valence-corrected chi connectivity index (χ4v) is 4.40. The van der Waals surface area contributed by atoms with Crippen LogP contribution in [0.3, 0.4) is 0 Å². The predicted octanol–water partition coefficient (Wildman–Crippen LogP) is 5.54. The molecule has 0 heteroatoms. The van der Waals surface area contributed by atoms with Crippen molar-refractivity contribution < 1.29 is 0 Å². The van der Waals surface area contributed by atoms with Crippen molar-refractivity contribution in [3.8, 4) is 0 Å². The van der Waals surface area contributed by atoms with Gasteiger partial charge in [0.1, 0.15) is 0 Å². The van der Waals surface area contributed by atoms with E-state index in [4.69, 9.17) is 0 Å². The van der Waals surface area contributed by atoms with E-state index in [2.05, 4.69) is 30.3 Å². The molecule has 2 fully saturated rings. The molecule has 0 heterocycles. The highest BCUT2D eigenvalue weighted by atomic mass is 14.4. The van der Waals surface area contributed by atoms with Gasteiger partial charge in [0, 0.05) is 0 Å². The first-order chi connectivity index (χ1) is 8.95. The van der Waals surface area contributed by atoms with Crippen molar-refractivity contribution in [1.29, 1.82) is 0 Å². The van der Waals surface area contributed by atoms with Gasteiger partial charge >= 0.3 is 0 Å². The highest BCUT2D eigenvalue weighted by molar-refractivity contribution is 5.21. The zero-order chi connectivity index (χ0) is 12.2. The van der Waals surface area contributed by atoms with Gasteiger partial charge in [0.15, 0.2) is 0 Å². The third kappa shape index (κ3) is 2.63. The van der Waals surface area contributed by atoms with E-state index < -0.39 is 0 Å². The van der Waals surface area contributed by atoms with Gasteiger partial charge in [-0.2, -0.15) is 0 Å². The minimum Gasteiger partial charge on any atom is -0.0622 e. The fourth-order valence-electron chi connectivity index (χ4n) is 4.40. The van der Waals surface area contributed by atoms with Crippen molar-refractivity contribution in [3.63, 3.8) is 0 Å². The van der Waals surface area contributed by atoms with Gasteiger partial charge in [-0.05, 0) is 36.2 Å². The summed E-state index contributed by atoms with van der Waals surface area (Å²) in [6.45, 7) is 0. The van der Waals surface area contributed by atoms with E-state index in [-0.39, 0.29) is 0 Å². The first-order valence-corrected chi connectivity index (χ1v) is 8.00. The van der Waals surface area contributed by atoms with Crippen LogP contribution >= 0.6 is 0 Å². The maximum absolute atomic E-state index is 2.37. The first kappa shape index (κ1) is 12.3. The van der Waals surface area contributed by atoms with Crippen LogP contribution < -0.4 is 0 Å². The van der Waals surface area contributed by atoms with Crippen LogP contribution in [0, 0.1) is 11.8 Å². The maximum atomic E-state index is 2.37. The molecule has 1 aromatic carbocycles. The smallest absolute Gasteiger partial charge is 0.0131 e. The Hall–Kier alpha value is -0.780. The molecule has 2 atom stereocenters. The molecule has 0 bridgehead atoms. The number of hydrogen-bond donors (Lipinski definition) is 0. The molecular weight excluding hydrogens is 216 g/mol. The Morgan fingerprint density at radius 3 is 2.11 bits per heavy atom. The molecule has 18 heavy (non-hydrogen) atoms. The molecule has 0 spiro atoms. The van der Waals surface area contributed by atoms with E-state index in [1.165, 1.54) is 57.8 Å². The molecule has 0 saturated heterocycles. The van der Waals surface area contributed by atoms with Crippen LogP contribution in [0.2, 0.25) is 0 Å². The lowest BCUT2D eigenvalue weighted by Crippen LogP contribution is -2.27. The third-order valence-electron chi connectivity index (χ3n) is 5.30. The van der Waals surface area contributed by atoms with Crippen molar-refractivity contribution in [2.75, 3.05) is 0 Å². The molecule has 0 N–H and O–H groups in total. The van der Waals surface area contributed by atoms with Crippen molar-refractivity contribution in [2.24, 2.45) is 11.8 Å². The molecule has 2 aliphatic rings. The average Bonchev–Trinajstić information content (AvgIpc) is 2.49. The van der Waals surface area contributed by atoms with E-state index in [0.717, 1.165) is 17.8 Å². The average molecular weight is 242 g/mol. The molecular formula is C18H26.